The number of nitrogens with one attached hydrogen (secondary N) is 1. The van der Waals surface area contributed by atoms with Crippen LogP contribution in [0.25, 0.3) is 0 Å². The minimum Gasteiger partial charge on any atom is -0.307 e. The zero-order chi connectivity index (χ0) is 13.2. The lowest BCUT2D eigenvalue weighted by molar-refractivity contribution is 0.200. The molecule has 18 heavy (non-hydrogen) atoms. The highest BCUT2D eigenvalue weighted by atomic mass is 79.9. The van der Waals surface area contributed by atoms with E-state index >= 15 is 0 Å². The Labute approximate surface area is 119 Å². The van der Waals surface area contributed by atoms with Gasteiger partial charge in [0.1, 0.15) is 0 Å². The lowest BCUT2D eigenvalue weighted by Gasteiger charge is -2.36. The van der Waals surface area contributed by atoms with Gasteiger partial charge in [0.2, 0.25) is 0 Å². The molecule has 0 saturated heterocycles. The van der Waals surface area contributed by atoms with Crippen molar-refractivity contribution < 1.29 is 0 Å². The number of hydrogen-bond acceptors (Lipinski definition) is 1. The molecule has 2 heteroatoms. The van der Waals surface area contributed by atoms with Crippen LogP contribution in [-0.2, 0) is 0 Å². The standard InChI is InChI=1S/C16H24BrN/c1-12(13-5-4-6-14(17)11-13)18-15-7-9-16(2,3)10-8-15/h4-6,11-12,15,18H,7-10H2,1-3H3/t12-/m1/s1. The van der Waals surface area contributed by atoms with E-state index in [2.05, 4.69) is 66.3 Å². The van der Waals surface area contributed by atoms with Crippen molar-refractivity contribution in [3.8, 4) is 0 Å². The Morgan fingerprint density at radius 3 is 2.56 bits per heavy atom. The number of benzene rings is 1. The Morgan fingerprint density at radius 1 is 1.28 bits per heavy atom. The Hall–Kier alpha value is -0.340. The fourth-order valence-electron chi connectivity index (χ4n) is 2.79. The fraction of sp³-hybridized carbons (Fsp3) is 0.625. The van der Waals surface area contributed by atoms with Gasteiger partial charge < -0.3 is 5.32 Å². The molecule has 1 aromatic carbocycles. The van der Waals surface area contributed by atoms with E-state index < -0.39 is 0 Å². The van der Waals surface area contributed by atoms with Crippen molar-refractivity contribution in [2.24, 2.45) is 5.41 Å². The molecule has 0 amide bonds. The lowest BCUT2D eigenvalue weighted by Crippen LogP contribution is -2.37. The van der Waals surface area contributed by atoms with Crippen molar-refractivity contribution in [3.05, 3.63) is 34.3 Å². The van der Waals surface area contributed by atoms with Crippen LogP contribution in [0.4, 0.5) is 0 Å². The summed E-state index contributed by atoms with van der Waals surface area (Å²) in [5.41, 5.74) is 1.92. The largest absolute Gasteiger partial charge is 0.307 e. The van der Waals surface area contributed by atoms with E-state index in [4.69, 9.17) is 0 Å². The molecular formula is C16H24BrN. The third-order valence-electron chi connectivity index (χ3n) is 4.17. The Kier molecular flexibility index (Phi) is 4.50. The van der Waals surface area contributed by atoms with Gasteiger partial charge in [-0.15, -0.1) is 0 Å². The third kappa shape index (κ3) is 3.83. The van der Waals surface area contributed by atoms with Gasteiger partial charge in [0, 0.05) is 16.6 Å². The van der Waals surface area contributed by atoms with Crippen LogP contribution in [-0.4, -0.2) is 6.04 Å². The number of hydrogen-bond donors (Lipinski definition) is 1. The molecule has 1 N–H and O–H groups in total. The zero-order valence-corrected chi connectivity index (χ0v) is 13.3. The minimum atomic E-state index is 0.439. The third-order valence-corrected chi connectivity index (χ3v) is 4.67. The van der Waals surface area contributed by atoms with Gasteiger partial charge in [-0.25, -0.2) is 0 Å². The quantitative estimate of drug-likeness (QED) is 0.822. The van der Waals surface area contributed by atoms with Gasteiger partial charge in [0.05, 0.1) is 0 Å². The van der Waals surface area contributed by atoms with Crippen LogP contribution in [0.2, 0.25) is 0 Å². The van der Waals surface area contributed by atoms with Gasteiger partial charge >= 0.3 is 0 Å². The van der Waals surface area contributed by atoms with Crippen LogP contribution in [0.3, 0.4) is 0 Å². The summed E-state index contributed by atoms with van der Waals surface area (Å²) >= 11 is 3.54. The molecule has 1 aliphatic carbocycles. The highest BCUT2D eigenvalue weighted by Crippen LogP contribution is 2.35. The topological polar surface area (TPSA) is 12.0 Å². The number of halogens is 1. The summed E-state index contributed by atoms with van der Waals surface area (Å²) < 4.78 is 1.17. The fourth-order valence-corrected chi connectivity index (χ4v) is 3.21. The van der Waals surface area contributed by atoms with E-state index in [1.54, 1.807) is 0 Å². The van der Waals surface area contributed by atoms with Crippen molar-refractivity contribution in [2.45, 2.75) is 58.5 Å². The van der Waals surface area contributed by atoms with Crippen LogP contribution in [0.5, 0.6) is 0 Å². The average molecular weight is 310 g/mol. The molecule has 0 unspecified atom stereocenters. The smallest absolute Gasteiger partial charge is 0.0294 e. The van der Waals surface area contributed by atoms with Crippen molar-refractivity contribution in [3.63, 3.8) is 0 Å². The predicted molar refractivity (Wildman–Crippen MR) is 81.7 cm³/mol. The summed E-state index contributed by atoms with van der Waals surface area (Å²) in [7, 11) is 0. The van der Waals surface area contributed by atoms with E-state index in [0.29, 0.717) is 17.5 Å². The highest BCUT2D eigenvalue weighted by Gasteiger charge is 2.27. The summed E-state index contributed by atoms with van der Waals surface area (Å²) in [4.78, 5) is 0. The molecule has 100 valence electrons. The maximum atomic E-state index is 3.78. The van der Waals surface area contributed by atoms with Gasteiger partial charge in [-0.2, -0.15) is 0 Å². The van der Waals surface area contributed by atoms with Crippen LogP contribution >= 0.6 is 15.9 Å². The first-order chi connectivity index (χ1) is 8.46. The molecule has 0 bridgehead atoms. The second kappa shape index (κ2) is 5.75. The molecule has 1 fully saturated rings. The molecule has 0 heterocycles. The lowest BCUT2D eigenvalue weighted by atomic mass is 9.75. The van der Waals surface area contributed by atoms with E-state index in [0.717, 1.165) is 0 Å². The summed E-state index contributed by atoms with van der Waals surface area (Å²) in [6, 6.07) is 9.74. The Bertz CT molecular complexity index is 390. The molecule has 1 saturated carbocycles. The SMILES string of the molecule is C[C@@H](NC1CCC(C)(C)CC1)c1cccc(Br)c1. The molecule has 1 atom stereocenters. The first kappa shape index (κ1) is 14.1. The van der Waals surface area contributed by atoms with Crippen molar-refractivity contribution in [1.82, 2.24) is 5.32 Å². The molecule has 0 radical (unpaired) electrons. The predicted octanol–water partition coefficient (Wildman–Crippen LogP) is 5.07. The second-order valence-corrected chi connectivity index (χ2v) is 7.30. The maximum absolute atomic E-state index is 3.78. The molecule has 1 aromatic rings. The summed E-state index contributed by atoms with van der Waals surface area (Å²) in [5.74, 6) is 0. The van der Waals surface area contributed by atoms with E-state index in [9.17, 15) is 0 Å². The van der Waals surface area contributed by atoms with Gasteiger partial charge in [-0.05, 0) is 55.7 Å². The van der Waals surface area contributed by atoms with E-state index in [-0.39, 0.29) is 0 Å². The summed E-state index contributed by atoms with van der Waals surface area (Å²) in [6.07, 6.45) is 5.31. The Morgan fingerprint density at radius 2 is 1.94 bits per heavy atom. The Balaban J connectivity index is 1.90. The van der Waals surface area contributed by atoms with Crippen LogP contribution in [0.15, 0.2) is 28.7 Å². The first-order valence-corrected chi connectivity index (χ1v) is 7.77. The molecule has 2 rings (SSSR count). The van der Waals surface area contributed by atoms with Crippen LogP contribution in [0, 0.1) is 5.41 Å². The molecule has 0 aromatic heterocycles. The number of rotatable bonds is 3. The highest BCUT2D eigenvalue weighted by molar-refractivity contribution is 9.10. The molecule has 1 aliphatic rings. The van der Waals surface area contributed by atoms with E-state index in [1.165, 1.54) is 35.7 Å². The summed E-state index contributed by atoms with van der Waals surface area (Å²) in [6.45, 7) is 7.05. The molecule has 0 aliphatic heterocycles. The zero-order valence-electron chi connectivity index (χ0n) is 11.7. The molecule has 0 spiro atoms. The summed E-state index contributed by atoms with van der Waals surface area (Å²) in [5, 5.41) is 3.78. The van der Waals surface area contributed by atoms with Crippen LogP contribution in [0.1, 0.15) is 58.1 Å². The maximum Gasteiger partial charge on any atom is 0.0294 e. The minimum absolute atomic E-state index is 0.439. The normalized spacial score (nSPS) is 21.8. The molecular weight excluding hydrogens is 286 g/mol. The first-order valence-electron chi connectivity index (χ1n) is 6.98. The van der Waals surface area contributed by atoms with Crippen molar-refractivity contribution in [1.29, 1.82) is 0 Å². The average Bonchev–Trinajstić information content (AvgIpc) is 2.32. The van der Waals surface area contributed by atoms with Gasteiger partial charge in [0.25, 0.3) is 0 Å². The van der Waals surface area contributed by atoms with Gasteiger partial charge in [-0.3, -0.25) is 0 Å². The molecule has 1 nitrogen and oxygen atoms in total. The van der Waals surface area contributed by atoms with Gasteiger partial charge in [0.15, 0.2) is 0 Å². The van der Waals surface area contributed by atoms with Gasteiger partial charge in [-0.1, -0.05) is 41.9 Å². The monoisotopic (exact) mass is 309 g/mol. The van der Waals surface area contributed by atoms with E-state index in [1.807, 2.05) is 0 Å². The van der Waals surface area contributed by atoms with Crippen LogP contribution < -0.4 is 5.32 Å². The van der Waals surface area contributed by atoms with Crippen molar-refractivity contribution in [2.75, 3.05) is 0 Å². The van der Waals surface area contributed by atoms with Crippen molar-refractivity contribution >= 4 is 15.9 Å². The second-order valence-electron chi connectivity index (χ2n) is 6.38.